The third-order valence-electron chi connectivity index (χ3n) is 10.8. The minimum atomic E-state index is -1.67. The van der Waals surface area contributed by atoms with Crippen LogP contribution in [0.1, 0.15) is 73.8 Å². The van der Waals surface area contributed by atoms with Gasteiger partial charge in [-0.3, -0.25) is 4.57 Å². The van der Waals surface area contributed by atoms with Crippen LogP contribution in [0.3, 0.4) is 0 Å². The van der Waals surface area contributed by atoms with Crippen molar-refractivity contribution in [1.82, 2.24) is 24.2 Å². The summed E-state index contributed by atoms with van der Waals surface area (Å²) in [5, 5.41) is 19.1. The predicted octanol–water partition coefficient (Wildman–Crippen LogP) is 9.17. The number of hydrogen-bond donors (Lipinski definition) is 1. The van der Waals surface area contributed by atoms with E-state index in [4.69, 9.17) is 33.0 Å². The summed E-state index contributed by atoms with van der Waals surface area (Å²) >= 11 is 0. The number of carboxylic acid groups (broad SMARTS) is 1. The first kappa shape index (κ1) is 44.3. The lowest BCUT2D eigenvalue weighted by Crippen LogP contribution is -2.39. The van der Waals surface area contributed by atoms with E-state index in [1.54, 1.807) is 38.7 Å². The largest absolute Gasteiger partial charge is 0.497 e. The van der Waals surface area contributed by atoms with Gasteiger partial charge in [0, 0.05) is 24.1 Å². The third kappa shape index (κ3) is 9.34. The van der Waals surface area contributed by atoms with E-state index in [-0.39, 0.29) is 37.3 Å². The van der Waals surface area contributed by atoms with Crippen LogP contribution in [0.25, 0.3) is 22.4 Å². The highest BCUT2D eigenvalue weighted by molar-refractivity contribution is 7.44. The van der Waals surface area contributed by atoms with Crippen LogP contribution in [0.15, 0.2) is 116 Å². The van der Waals surface area contributed by atoms with Gasteiger partial charge in [0.1, 0.15) is 47.0 Å². The molecule has 1 aliphatic rings. The number of benzene rings is 4. The summed E-state index contributed by atoms with van der Waals surface area (Å²) in [5.74, 6) is 0.376. The van der Waals surface area contributed by atoms with Crippen molar-refractivity contribution in [3.8, 4) is 28.8 Å². The van der Waals surface area contributed by atoms with E-state index in [1.807, 2.05) is 83.4 Å². The molecule has 1 N–H and O–H groups in total. The molecule has 14 nitrogen and oxygen atoms in total. The monoisotopic (exact) mass is 858 g/mol. The number of carbonyl (C=O) groups is 1. The average Bonchev–Trinajstić information content (AvgIpc) is 3.91. The summed E-state index contributed by atoms with van der Waals surface area (Å²) in [5.41, 5.74) is 3.73. The summed E-state index contributed by atoms with van der Waals surface area (Å²) in [6.45, 7) is 8.67. The molecule has 0 amide bonds. The van der Waals surface area contributed by atoms with Gasteiger partial charge < -0.3 is 33.1 Å². The molecule has 1 saturated heterocycles. The maximum absolute atomic E-state index is 11.8. The van der Waals surface area contributed by atoms with Crippen LogP contribution >= 0.6 is 8.53 Å². The Bertz CT molecular complexity index is 2400. The number of hydrogen-bond acceptors (Lipinski definition) is 12. The SMILES string of the molecule is COc1ccc(C(OC[C@H]2O[C@@H](n3cnc4c(-c5cccc(C(=O)O)c5)ncnc43)C[C@@H]2OP(OCCC#N)N(C(C)C)C(C)C)(c2ccccc2)c2ccc(OC)cc2)cc1. The van der Waals surface area contributed by atoms with Crippen molar-refractivity contribution < 1.29 is 37.9 Å². The van der Waals surface area contributed by atoms with Crippen LogP contribution in [-0.4, -0.2) is 87.0 Å². The van der Waals surface area contributed by atoms with Crippen LogP contribution < -0.4 is 9.47 Å². The number of fused-ring (bicyclic) bond motifs is 1. The quantitative estimate of drug-likeness (QED) is 0.0466. The number of ether oxygens (including phenoxy) is 4. The van der Waals surface area contributed by atoms with E-state index < -0.39 is 38.5 Å². The number of nitriles is 1. The Balaban J connectivity index is 1.31. The zero-order valence-electron chi connectivity index (χ0n) is 35.6. The molecule has 322 valence electrons. The van der Waals surface area contributed by atoms with Gasteiger partial charge in [-0.05, 0) is 80.8 Å². The normalized spacial score (nSPS) is 17.1. The summed E-state index contributed by atoms with van der Waals surface area (Å²) in [7, 11) is 1.61. The van der Waals surface area contributed by atoms with Crippen molar-refractivity contribution in [2.45, 2.75) is 76.7 Å². The van der Waals surface area contributed by atoms with E-state index in [9.17, 15) is 15.2 Å². The van der Waals surface area contributed by atoms with Crippen LogP contribution in [-0.2, 0) is 24.1 Å². The molecule has 0 saturated carbocycles. The number of methoxy groups -OCH3 is 2. The number of aromatic carboxylic acids is 1. The topological polar surface area (TPSA) is 163 Å². The van der Waals surface area contributed by atoms with Gasteiger partial charge in [-0.15, -0.1) is 0 Å². The Morgan fingerprint density at radius 2 is 1.55 bits per heavy atom. The van der Waals surface area contributed by atoms with Gasteiger partial charge in [0.05, 0.1) is 57.9 Å². The fraction of sp³-hybridized carbons (Fsp3) is 0.340. The van der Waals surface area contributed by atoms with E-state index in [2.05, 4.69) is 48.4 Å². The lowest BCUT2D eigenvalue weighted by atomic mass is 9.80. The Labute approximate surface area is 363 Å². The highest BCUT2D eigenvalue weighted by Gasteiger charge is 2.45. The maximum atomic E-state index is 11.8. The van der Waals surface area contributed by atoms with E-state index in [0.717, 1.165) is 16.7 Å². The fourth-order valence-corrected chi connectivity index (χ4v) is 9.66. The molecule has 1 unspecified atom stereocenters. The van der Waals surface area contributed by atoms with Crippen LogP contribution in [0, 0.1) is 11.3 Å². The second-order valence-corrected chi connectivity index (χ2v) is 16.7. The molecule has 4 atom stereocenters. The molecule has 0 aliphatic carbocycles. The lowest BCUT2D eigenvalue weighted by molar-refractivity contribution is -0.0912. The first-order valence-electron chi connectivity index (χ1n) is 20.5. The Morgan fingerprint density at radius 3 is 2.15 bits per heavy atom. The lowest BCUT2D eigenvalue weighted by Gasteiger charge is -2.39. The van der Waals surface area contributed by atoms with E-state index in [1.165, 1.54) is 12.4 Å². The van der Waals surface area contributed by atoms with Gasteiger partial charge in [0.2, 0.25) is 0 Å². The van der Waals surface area contributed by atoms with Crippen LogP contribution in [0.5, 0.6) is 11.5 Å². The molecule has 4 aromatic carbocycles. The summed E-state index contributed by atoms with van der Waals surface area (Å²) in [6.07, 6.45) is 1.89. The number of carboxylic acids is 1. The van der Waals surface area contributed by atoms with Crippen molar-refractivity contribution in [1.29, 1.82) is 5.26 Å². The molecule has 0 spiro atoms. The zero-order chi connectivity index (χ0) is 43.8. The van der Waals surface area contributed by atoms with Crippen LogP contribution in [0.4, 0.5) is 0 Å². The van der Waals surface area contributed by atoms with E-state index in [0.29, 0.717) is 40.3 Å². The zero-order valence-corrected chi connectivity index (χ0v) is 36.5. The molecule has 15 heteroatoms. The molecule has 6 aromatic rings. The number of nitrogens with zero attached hydrogens (tertiary/aromatic N) is 6. The predicted molar refractivity (Wildman–Crippen MR) is 235 cm³/mol. The Morgan fingerprint density at radius 1 is 0.903 bits per heavy atom. The third-order valence-corrected chi connectivity index (χ3v) is 12.9. The van der Waals surface area contributed by atoms with Gasteiger partial charge in [-0.2, -0.15) is 5.26 Å². The fourth-order valence-electron chi connectivity index (χ4n) is 7.90. The molecular weight excluding hydrogens is 808 g/mol. The standard InChI is InChI=1S/C47H51N6O8P/c1-31(2)53(32(3)4)62(59-25-11-24-48)61-40-27-42(52-30-51-44-43(49-29-50-45(44)52)33-12-10-13-34(26-33)46(54)55)60-41(40)28-58-47(35-14-8-7-9-15-35,36-16-20-38(56-5)21-17-36)37-18-22-39(57-6)23-19-37/h7-10,12-23,26,29-32,40-42H,11,25,27-28H2,1-6H3,(H,54,55)/t40-,41+,42+,62?/m0/s1. The smallest absolute Gasteiger partial charge is 0.335 e. The average molecular weight is 859 g/mol. The number of rotatable bonds is 19. The second kappa shape index (κ2) is 19.9. The molecule has 2 aromatic heterocycles. The highest BCUT2D eigenvalue weighted by Crippen LogP contribution is 2.51. The van der Waals surface area contributed by atoms with Crippen molar-refractivity contribution >= 4 is 25.7 Å². The van der Waals surface area contributed by atoms with Gasteiger partial charge >= 0.3 is 5.97 Å². The maximum Gasteiger partial charge on any atom is 0.335 e. The molecular formula is C47H51N6O8P. The first-order chi connectivity index (χ1) is 30.1. The molecule has 1 fully saturated rings. The van der Waals surface area contributed by atoms with Gasteiger partial charge in [-0.1, -0.05) is 66.7 Å². The Kier molecular flexibility index (Phi) is 14.2. The van der Waals surface area contributed by atoms with Crippen molar-refractivity contribution in [2.24, 2.45) is 0 Å². The Hall–Kier alpha value is -5.78. The first-order valence-corrected chi connectivity index (χ1v) is 21.6. The molecule has 1 aliphatic heterocycles. The molecule has 7 rings (SSSR count). The number of imidazole rings is 1. The van der Waals surface area contributed by atoms with Crippen molar-refractivity contribution in [3.63, 3.8) is 0 Å². The summed E-state index contributed by atoms with van der Waals surface area (Å²) in [4.78, 5) is 25.7. The van der Waals surface area contributed by atoms with Crippen molar-refractivity contribution in [3.05, 3.63) is 138 Å². The summed E-state index contributed by atoms with van der Waals surface area (Å²) < 4.78 is 43.0. The van der Waals surface area contributed by atoms with E-state index >= 15 is 0 Å². The minimum absolute atomic E-state index is 0.0687. The minimum Gasteiger partial charge on any atom is -0.497 e. The summed E-state index contributed by atoms with van der Waals surface area (Å²) in [6, 6.07) is 34.7. The van der Waals surface area contributed by atoms with Gasteiger partial charge in [0.15, 0.2) is 5.65 Å². The molecule has 62 heavy (non-hydrogen) atoms. The van der Waals surface area contributed by atoms with Crippen molar-refractivity contribution in [2.75, 3.05) is 27.4 Å². The molecule has 0 bridgehead atoms. The second-order valence-electron chi connectivity index (χ2n) is 15.3. The van der Waals surface area contributed by atoms with Gasteiger partial charge in [0.25, 0.3) is 8.53 Å². The number of aromatic nitrogens is 4. The van der Waals surface area contributed by atoms with Gasteiger partial charge in [-0.25, -0.2) is 24.4 Å². The van der Waals surface area contributed by atoms with Crippen LogP contribution in [0.2, 0.25) is 0 Å². The molecule has 0 radical (unpaired) electrons. The highest BCUT2D eigenvalue weighted by atomic mass is 31.2. The molecule has 3 heterocycles.